The molecular formula is C22H24F2N6O2. The third kappa shape index (κ3) is 4.53. The van der Waals surface area contributed by atoms with Gasteiger partial charge in [-0.15, -0.1) is 0 Å². The molecule has 1 aliphatic heterocycles. The van der Waals surface area contributed by atoms with Crippen molar-refractivity contribution in [3.05, 3.63) is 54.1 Å². The van der Waals surface area contributed by atoms with E-state index in [0.29, 0.717) is 19.0 Å². The van der Waals surface area contributed by atoms with Gasteiger partial charge in [-0.1, -0.05) is 0 Å². The van der Waals surface area contributed by atoms with E-state index in [1.54, 1.807) is 22.0 Å². The second-order valence-corrected chi connectivity index (χ2v) is 7.95. The van der Waals surface area contributed by atoms with Gasteiger partial charge in [0.2, 0.25) is 5.95 Å². The van der Waals surface area contributed by atoms with Gasteiger partial charge in [-0.05, 0) is 18.6 Å². The summed E-state index contributed by atoms with van der Waals surface area (Å²) in [5, 5.41) is 4.24. The number of carbonyl (C=O) groups is 1. The van der Waals surface area contributed by atoms with Gasteiger partial charge in [0.25, 0.3) is 5.91 Å². The van der Waals surface area contributed by atoms with E-state index < -0.39 is 11.6 Å². The minimum atomic E-state index is -0.838. The highest BCUT2D eigenvalue weighted by molar-refractivity contribution is 5.78. The molecule has 1 aliphatic rings. The number of nitrogens with zero attached hydrogens (tertiary/aromatic N) is 6. The Labute approximate surface area is 184 Å². The summed E-state index contributed by atoms with van der Waals surface area (Å²) in [5.41, 5.74) is 2.65. The molecule has 0 bridgehead atoms. The molecule has 1 fully saturated rings. The SMILES string of the molecule is CN(C)c1ncc(-c2cnn(C)c2)c([C@H]2CCN(C(=O)COc3ccc(F)cc3F)C2)n1. The Morgan fingerprint density at radius 3 is 2.78 bits per heavy atom. The van der Waals surface area contributed by atoms with Crippen LogP contribution in [0.4, 0.5) is 14.7 Å². The first kappa shape index (κ1) is 21.7. The van der Waals surface area contributed by atoms with E-state index >= 15 is 0 Å². The normalized spacial score (nSPS) is 15.8. The molecule has 168 valence electrons. The fourth-order valence-corrected chi connectivity index (χ4v) is 3.73. The van der Waals surface area contributed by atoms with Crippen molar-refractivity contribution >= 4 is 11.9 Å². The van der Waals surface area contributed by atoms with Gasteiger partial charge in [0.15, 0.2) is 18.2 Å². The van der Waals surface area contributed by atoms with Gasteiger partial charge in [0.1, 0.15) is 5.82 Å². The van der Waals surface area contributed by atoms with Crippen LogP contribution in [0.5, 0.6) is 5.75 Å². The first-order valence-corrected chi connectivity index (χ1v) is 10.2. The Morgan fingerprint density at radius 2 is 2.09 bits per heavy atom. The fourth-order valence-electron chi connectivity index (χ4n) is 3.73. The minimum Gasteiger partial charge on any atom is -0.481 e. The van der Waals surface area contributed by atoms with Crippen LogP contribution in [0.2, 0.25) is 0 Å². The molecule has 2 aromatic heterocycles. The van der Waals surface area contributed by atoms with Crippen LogP contribution >= 0.6 is 0 Å². The molecule has 0 spiro atoms. The summed E-state index contributed by atoms with van der Waals surface area (Å²) in [6.07, 6.45) is 6.19. The second-order valence-electron chi connectivity index (χ2n) is 7.95. The van der Waals surface area contributed by atoms with Crippen LogP contribution < -0.4 is 9.64 Å². The molecule has 0 radical (unpaired) electrons. The zero-order chi connectivity index (χ0) is 22.8. The molecular weight excluding hydrogens is 418 g/mol. The summed E-state index contributed by atoms with van der Waals surface area (Å²) in [6, 6.07) is 2.99. The number of likely N-dealkylation sites (tertiary alicyclic amines) is 1. The molecule has 32 heavy (non-hydrogen) atoms. The predicted octanol–water partition coefficient (Wildman–Crippen LogP) is 2.62. The van der Waals surface area contributed by atoms with Crippen LogP contribution in [-0.4, -0.2) is 64.3 Å². The number of hydrogen-bond acceptors (Lipinski definition) is 6. The van der Waals surface area contributed by atoms with Crippen molar-refractivity contribution in [2.24, 2.45) is 7.05 Å². The summed E-state index contributed by atoms with van der Waals surface area (Å²) in [7, 11) is 5.59. The molecule has 3 aromatic rings. The van der Waals surface area contributed by atoms with E-state index in [9.17, 15) is 13.6 Å². The average molecular weight is 442 g/mol. The third-order valence-corrected chi connectivity index (χ3v) is 5.39. The van der Waals surface area contributed by atoms with Crippen LogP contribution in [0.25, 0.3) is 11.1 Å². The molecule has 1 amide bonds. The molecule has 0 aliphatic carbocycles. The lowest BCUT2D eigenvalue weighted by Gasteiger charge is -2.19. The van der Waals surface area contributed by atoms with E-state index in [2.05, 4.69) is 10.1 Å². The first-order chi connectivity index (χ1) is 15.3. The summed E-state index contributed by atoms with van der Waals surface area (Å²) in [6.45, 7) is 0.676. The monoisotopic (exact) mass is 442 g/mol. The zero-order valence-electron chi connectivity index (χ0n) is 18.1. The molecule has 0 N–H and O–H groups in total. The average Bonchev–Trinajstić information content (AvgIpc) is 3.42. The molecule has 1 aromatic carbocycles. The van der Waals surface area contributed by atoms with Crippen LogP contribution in [-0.2, 0) is 11.8 Å². The van der Waals surface area contributed by atoms with E-state index in [1.807, 2.05) is 32.2 Å². The Bertz CT molecular complexity index is 1130. The largest absolute Gasteiger partial charge is 0.481 e. The van der Waals surface area contributed by atoms with Gasteiger partial charge >= 0.3 is 0 Å². The lowest BCUT2D eigenvalue weighted by Crippen LogP contribution is -2.33. The van der Waals surface area contributed by atoms with Gasteiger partial charge in [-0.2, -0.15) is 5.10 Å². The molecule has 0 unspecified atom stereocenters. The summed E-state index contributed by atoms with van der Waals surface area (Å²) in [4.78, 5) is 25.4. The Hall–Kier alpha value is -3.56. The lowest BCUT2D eigenvalue weighted by molar-refractivity contribution is -0.132. The molecule has 3 heterocycles. The number of aryl methyl sites for hydroxylation is 1. The number of hydrogen-bond donors (Lipinski definition) is 0. The standard InChI is InChI=1S/C22H24F2N6O2/c1-28(2)22-25-10-17(15-9-26-29(3)11-15)21(27-22)14-6-7-30(12-14)20(31)13-32-19-5-4-16(23)8-18(19)24/h4-5,8-11,14H,6-7,12-13H2,1-3H3/t14-/m0/s1. The van der Waals surface area contributed by atoms with Crippen molar-refractivity contribution in [1.82, 2.24) is 24.6 Å². The van der Waals surface area contributed by atoms with Crippen LogP contribution in [0.15, 0.2) is 36.8 Å². The quantitative estimate of drug-likeness (QED) is 0.584. The Kier molecular flexibility index (Phi) is 6.02. The highest BCUT2D eigenvalue weighted by atomic mass is 19.1. The topological polar surface area (TPSA) is 76.4 Å². The van der Waals surface area contributed by atoms with E-state index in [4.69, 9.17) is 9.72 Å². The molecule has 1 atom stereocenters. The number of halogens is 2. The van der Waals surface area contributed by atoms with E-state index in [0.717, 1.165) is 35.4 Å². The first-order valence-electron chi connectivity index (χ1n) is 10.2. The van der Waals surface area contributed by atoms with Crippen LogP contribution in [0.1, 0.15) is 18.0 Å². The van der Waals surface area contributed by atoms with Gasteiger partial charge in [-0.25, -0.2) is 18.7 Å². The van der Waals surface area contributed by atoms with Crippen molar-refractivity contribution in [1.29, 1.82) is 0 Å². The Morgan fingerprint density at radius 1 is 1.28 bits per heavy atom. The smallest absolute Gasteiger partial charge is 0.260 e. The highest BCUT2D eigenvalue weighted by Crippen LogP contribution is 2.34. The predicted molar refractivity (Wildman–Crippen MR) is 114 cm³/mol. The number of anilines is 1. The van der Waals surface area contributed by atoms with E-state index in [-0.39, 0.29) is 24.2 Å². The number of amides is 1. The molecule has 10 heteroatoms. The van der Waals surface area contributed by atoms with Crippen molar-refractivity contribution in [2.75, 3.05) is 38.7 Å². The van der Waals surface area contributed by atoms with Gasteiger partial charge in [0.05, 0.1) is 11.9 Å². The van der Waals surface area contributed by atoms with E-state index in [1.165, 1.54) is 6.07 Å². The highest BCUT2D eigenvalue weighted by Gasteiger charge is 2.31. The lowest BCUT2D eigenvalue weighted by atomic mass is 9.97. The number of carbonyl (C=O) groups excluding carboxylic acids is 1. The van der Waals surface area contributed by atoms with Crippen molar-refractivity contribution < 1.29 is 18.3 Å². The Balaban J connectivity index is 1.49. The van der Waals surface area contributed by atoms with Gasteiger partial charge < -0.3 is 14.5 Å². The summed E-state index contributed by atoms with van der Waals surface area (Å²) in [5.74, 6) is -1.35. The number of benzene rings is 1. The second kappa shape index (κ2) is 8.89. The maximum atomic E-state index is 13.8. The van der Waals surface area contributed by atoms with Crippen LogP contribution in [0, 0.1) is 11.6 Å². The maximum absolute atomic E-state index is 13.8. The number of rotatable bonds is 6. The summed E-state index contributed by atoms with van der Waals surface area (Å²) >= 11 is 0. The van der Waals surface area contributed by atoms with Gasteiger partial charge in [-0.3, -0.25) is 9.48 Å². The fraction of sp³-hybridized carbons (Fsp3) is 0.364. The van der Waals surface area contributed by atoms with Crippen molar-refractivity contribution in [3.8, 4) is 16.9 Å². The maximum Gasteiger partial charge on any atom is 0.260 e. The molecule has 8 nitrogen and oxygen atoms in total. The number of ether oxygens (including phenoxy) is 1. The zero-order valence-corrected chi connectivity index (χ0v) is 18.1. The van der Waals surface area contributed by atoms with Crippen molar-refractivity contribution in [3.63, 3.8) is 0 Å². The molecule has 0 saturated carbocycles. The third-order valence-electron chi connectivity index (χ3n) is 5.39. The summed E-state index contributed by atoms with van der Waals surface area (Å²) < 4.78 is 33.8. The molecule has 4 rings (SSSR count). The van der Waals surface area contributed by atoms with Gasteiger partial charge in [0, 0.05) is 69.7 Å². The minimum absolute atomic E-state index is 0.0124. The van der Waals surface area contributed by atoms with Crippen molar-refractivity contribution in [2.45, 2.75) is 12.3 Å². The molecule has 1 saturated heterocycles. The van der Waals surface area contributed by atoms with Crippen LogP contribution in [0.3, 0.4) is 0 Å². The number of aromatic nitrogens is 4.